The molecule has 0 spiro atoms. The first-order chi connectivity index (χ1) is 15.8. The molecule has 0 saturated carbocycles. The summed E-state index contributed by atoms with van der Waals surface area (Å²) in [5.74, 6) is -1.19. The summed E-state index contributed by atoms with van der Waals surface area (Å²) in [5, 5.41) is 3.30. The molecule has 7 nitrogen and oxygen atoms in total. The van der Waals surface area contributed by atoms with Gasteiger partial charge in [0, 0.05) is 10.4 Å². The van der Waals surface area contributed by atoms with Crippen molar-refractivity contribution in [2.45, 2.75) is 26.2 Å². The zero-order valence-electron chi connectivity index (χ0n) is 17.9. The van der Waals surface area contributed by atoms with Crippen molar-refractivity contribution in [1.29, 1.82) is 0 Å². The van der Waals surface area contributed by atoms with Crippen LogP contribution in [0.4, 0.5) is 10.7 Å². The topological polar surface area (TPSA) is 110 Å². The summed E-state index contributed by atoms with van der Waals surface area (Å²) in [4.78, 5) is 52.6. The van der Waals surface area contributed by atoms with Crippen LogP contribution in [0.15, 0.2) is 48.5 Å². The van der Waals surface area contributed by atoms with Gasteiger partial charge in [-0.2, -0.15) is 0 Å². The number of primary amides is 1. The maximum Gasteiger partial charge on any atom is 0.266 e. The number of imide groups is 1. The maximum absolute atomic E-state index is 12.9. The zero-order valence-corrected chi connectivity index (χ0v) is 18.7. The molecular formula is C25H21N3O4S. The van der Waals surface area contributed by atoms with Crippen molar-refractivity contribution in [3.05, 3.63) is 81.2 Å². The fraction of sp³-hybridized carbons (Fsp3) is 0.200. The van der Waals surface area contributed by atoms with Crippen LogP contribution in [-0.4, -0.2) is 23.6 Å². The van der Waals surface area contributed by atoms with E-state index in [2.05, 4.69) is 12.2 Å². The molecule has 1 aromatic heterocycles. The molecular weight excluding hydrogens is 438 g/mol. The predicted octanol–water partition coefficient (Wildman–Crippen LogP) is 4.02. The first-order valence-corrected chi connectivity index (χ1v) is 11.5. The van der Waals surface area contributed by atoms with Crippen LogP contribution in [0, 0.1) is 5.92 Å². The second kappa shape index (κ2) is 7.97. The smallest absolute Gasteiger partial charge is 0.266 e. The number of carbonyl (C=O) groups excluding carboxylic acids is 4. The molecule has 2 aromatic carbocycles. The number of nitrogens with two attached hydrogens (primary N) is 1. The van der Waals surface area contributed by atoms with Gasteiger partial charge in [-0.1, -0.05) is 19.1 Å². The van der Waals surface area contributed by atoms with Gasteiger partial charge in [-0.25, -0.2) is 4.90 Å². The monoisotopic (exact) mass is 459 g/mol. The lowest BCUT2D eigenvalue weighted by atomic mass is 9.88. The molecule has 2 aliphatic rings. The molecule has 3 N–H and O–H groups in total. The highest BCUT2D eigenvalue weighted by atomic mass is 32.1. The Kier molecular flexibility index (Phi) is 5.09. The Labute approximate surface area is 194 Å². The highest BCUT2D eigenvalue weighted by molar-refractivity contribution is 7.17. The second-order valence-electron chi connectivity index (χ2n) is 8.41. The quantitative estimate of drug-likeness (QED) is 0.574. The van der Waals surface area contributed by atoms with E-state index in [4.69, 9.17) is 5.73 Å². The largest absolute Gasteiger partial charge is 0.365 e. The number of rotatable bonds is 4. The number of hydrogen-bond acceptors (Lipinski definition) is 5. The molecule has 2 heterocycles. The molecule has 5 rings (SSSR count). The standard InChI is InChI=1S/C25H21N3O4S/c1-13-6-11-18-19(12-13)33-23(20(18)21(26)29)27-22(30)14-7-9-15(10-8-14)28-24(31)16-4-2-3-5-17(16)25(28)32/h2-5,7-10,13H,6,11-12H2,1H3,(H2,26,29)(H,27,30). The number of nitrogens with zero attached hydrogens (tertiary/aromatic N) is 1. The molecule has 33 heavy (non-hydrogen) atoms. The van der Waals surface area contributed by atoms with Crippen molar-refractivity contribution in [2.24, 2.45) is 11.7 Å². The van der Waals surface area contributed by atoms with E-state index in [9.17, 15) is 19.2 Å². The molecule has 3 aromatic rings. The summed E-state index contributed by atoms with van der Waals surface area (Å²) in [6, 6.07) is 12.9. The SMILES string of the molecule is CC1CCc2c(sc(NC(=O)c3ccc(N4C(=O)c5ccccc5C4=O)cc3)c2C(N)=O)C1. The average Bonchev–Trinajstić information content (AvgIpc) is 3.28. The Balaban J connectivity index is 1.38. The molecule has 8 heteroatoms. The molecule has 1 aliphatic carbocycles. The molecule has 4 amide bonds. The number of amides is 4. The van der Waals surface area contributed by atoms with Crippen molar-refractivity contribution in [2.75, 3.05) is 10.2 Å². The van der Waals surface area contributed by atoms with Gasteiger partial charge in [0.25, 0.3) is 23.6 Å². The van der Waals surface area contributed by atoms with Gasteiger partial charge < -0.3 is 11.1 Å². The zero-order chi connectivity index (χ0) is 23.3. The third kappa shape index (κ3) is 3.52. The van der Waals surface area contributed by atoms with E-state index in [1.54, 1.807) is 48.5 Å². The van der Waals surface area contributed by atoms with E-state index < -0.39 is 23.6 Å². The van der Waals surface area contributed by atoms with Crippen molar-refractivity contribution in [3.8, 4) is 0 Å². The van der Waals surface area contributed by atoms with Crippen molar-refractivity contribution >= 4 is 45.7 Å². The summed E-state index contributed by atoms with van der Waals surface area (Å²) in [6.07, 6.45) is 2.62. The molecule has 0 radical (unpaired) electrons. The van der Waals surface area contributed by atoms with Gasteiger partial charge in [0.1, 0.15) is 5.00 Å². The van der Waals surface area contributed by atoms with Gasteiger partial charge in [0.15, 0.2) is 0 Å². The van der Waals surface area contributed by atoms with Crippen LogP contribution in [0.1, 0.15) is 65.2 Å². The van der Waals surface area contributed by atoms with Gasteiger partial charge in [-0.05, 0) is 67.1 Å². The van der Waals surface area contributed by atoms with E-state index in [-0.39, 0.29) is 0 Å². The molecule has 0 saturated heterocycles. The number of fused-ring (bicyclic) bond motifs is 2. The minimum absolute atomic E-state index is 0.338. The first-order valence-electron chi connectivity index (χ1n) is 10.7. The summed E-state index contributed by atoms with van der Waals surface area (Å²) in [7, 11) is 0. The van der Waals surface area contributed by atoms with Gasteiger partial charge >= 0.3 is 0 Å². The van der Waals surface area contributed by atoms with Crippen molar-refractivity contribution < 1.29 is 19.2 Å². The van der Waals surface area contributed by atoms with Gasteiger partial charge in [-0.15, -0.1) is 11.3 Å². The molecule has 1 aliphatic heterocycles. The van der Waals surface area contributed by atoms with Gasteiger partial charge in [0.05, 0.1) is 22.4 Å². The van der Waals surface area contributed by atoms with E-state index in [0.29, 0.717) is 38.9 Å². The average molecular weight is 460 g/mol. The van der Waals surface area contributed by atoms with Crippen LogP contribution in [0.2, 0.25) is 0 Å². The molecule has 1 unspecified atom stereocenters. The van der Waals surface area contributed by atoms with E-state index in [1.807, 2.05) is 0 Å². The fourth-order valence-corrected chi connectivity index (χ4v) is 5.87. The number of benzene rings is 2. The Morgan fingerprint density at radius 3 is 2.27 bits per heavy atom. The van der Waals surface area contributed by atoms with E-state index >= 15 is 0 Å². The molecule has 0 fully saturated rings. The third-order valence-corrected chi connectivity index (χ3v) is 7.34. The lowest BCUT2D eigenvalue weighted by Crippen LogP contribution is -2.29. The molecule has 1 atom stereocenters. The van der Waals surface area contributed by atoms with Gasteiger partial charge in [0.2, 0.25) is 0 Å². The Morgan fingerprint density at radius 1 is 1.03 bits per heavy atom. The lowest BCUT2D eigenvalue weighted by Gasteiger charge is -2.18. The van der Waals surface area contributed by atoms with Crippen LogP contribution >= 0.6 is 11.3 Å². The highest BCUT2D eigenvalue weighted by Gasteiger charge is 2.36. The third-order valence-electron chi connectivity index (χ3n) is 6.17. The lowest BCUT2D eigenvalue weighted by molar-refractivity contribution is 0.0923. The van der Waals surface area contributed by atoms with Crippen LogP contribution in [0.3, 0.4) is 0 Å². The highest BCUT2D eigenvalue weighted by Crippen LogP contribution is 2.39. The predicted molar refractivity (Wildman–Crippen MR) is 126 cm³/mol. The molecule has 166 valence electrons. The minimum Gasteiger partial charge on any atom is -0.365 e. The van der Waals surface area contributed by atoms with Crippen LogP contribution in [-0.2, 0) is 12.8 Å². The number of hydrogen-bond donors (Lipinski definition) is 2. The molecule has 0 bridgehead atoms. The van der Waals surface area contributed by atoms with Crippen molar-refractivity contribution in [1.82, 2.24) is 0 Å². The second-order valence-corrected chi connectivity index (χ2v) is 9.52. The van der Waals surface area contributed by atoms with E-state index in [0.717, 1.165) is 34.6 Å². The number of carbonyl (C=O) groups is 4. The maximum atomic E-state index is 12.9. The Hall–Kier alpha value is -3.78. The van der Waals surface area contributed by atoms with Crippen LogP contribution in [0.25, 0.3) is 0 Å². The minimum atomic E-state index is -0.543. The number of nitrogens with one attached hydrogen (secondary N) is 1. The van der Waals surface area contributed by atoms with Crippen LogP contribution < -0.4 is 16.0 Å². The number of thiophene rings is 1. The Bertz CT molecular complexity index is 1290. The van der Waals surface area contributed by atoms with Gasteiger partial charge in [-0.3, -0.25) is 19.2 Å². The van der Waals surface area contributed by atoms with Crippen LogP contribution in [0.5, 0.6) is 0 Å². The summed E-state index contributed by atoms with van der Waals surface area (Å²) < 4.78 is 0. The summed E-state index contributed by atoms with van der Waals surface area (Å²) in [6.45, 7) is 2.17. The number of anilines is 2. The normalized spacial score (nSPS) is 17.0. The Morgan fingerprint density at radius 2 is 1.67 bits per heavy atom. The van der Waals surface area contributed by atoms with Crippen molar-refractivity contribution in [3.63, 3.8) is 0 Å². The summed E-state index contributed by atoms with van der Waals surface area (Å²) in [5.41, 5.74) is 8.42. The fourth-order valence-electron chi connectivity index (χ4n) is 4.46. The summed E-state index contributed by atoms with van der Waals surface area (Å²) >= 11 is 1.40. The first kappa shape index (κ1) is 21.1. The van der Waals surface area contributed by atoms with E-state index in [1.165, 1.54) is 11.3 Å².